The molecule has 2 bridgehead atoms. The van der Waals surface area contributed by atoms with E-state index in [2.05, 4.69) is 10.5 Å². The molecule has 1 aromatic rings. The second-order valence-corrected chi connectivity index (χ2v) is 5.36. The van der Waals surface area contributed by atoms with Crippen LogP contribution in [0, 0.1) is 11.8 Å². The first-order valence-corrected chi connectivity index (χ1v) is 6.39. The number of rotatable bonds is 2. The maximum Gasteiger partial charge on any atom is 0.0826 e. The van der Waals surface area contributed by atoms with Crippen LogP contribution in [0.15, 0.2) is 29.4 Å². The molecule has 3 atom stereocenters. The van der Waals surface area contributed by atoms with Gasteiger partial charge in [-0.3, -0.25) is 0 Å². The van der Waals surface area contributed by atoms with Gasteiger partial charge in [0.05, 0.1) is 11.8 Å². The number of hydrogen-bond donors (Lipinski definition) is 2. The van der Waals surface area contributed by atoms with E-state index in [0.29, 0.717) is 11.8 Å². The first kappa shape index (κ1) is 10.9. The molecular weight excluding hydrogens is 236 g/mol. The fraction of sp³-hybridized carbons (Fsp3) is 0.462. The molecule has 2 N–H and O–H groups in total. The minimum absolute atomic E-state index is 0.178. The van der Waals surface area contributed by atoms with Crippen LogP contribution in [0.1, 0.15) is 19.3 Å². The summed E-state index contributed by atoms with van der Waals surface area (Å²) >= 11 is 5.96. The Hall–Kier alpha value is -1.22. The second kappa shape index (κ2) is 4.22. The van der Waals surface area contributed by atoms with Gasteiger partial charge in [-0.25, -0.2) is 0 Å². The van der Waals surface area contributed by atoms with E-state index in [4.69, 9.17) is 16.8 Å². The zero-order chi connectivity index (χ0) is 11.8. The Labute approximate surface area is 105 Å². The molecule has 2 saturated carbocycles. The fourth-order valence-corrected chi connectivity index (χ4v) is 3.37. The third-order valence-electron chi connectivity index (χ3n) is 3.94. The number of hydrogen-bond acceptors (Lipinski definition) is 3. The average Bonchev–Trinajstić information content (AvgIpc) is 2.89. The maximum atomic E-state index is 9.11. The Morgan fingerprint density at radius 3 is 3.00 bits per heavy atom. The smallest absolute Gasteiger partial charge is 0.0826 e. The molecule has 0 heterocycles. The van der Waals surface area contributed by atoms with E-state index < -0.39 is 0 Å². The number of benzene rings is 1. The highest BCUT2D eigenvalue weighted by Crippen LogP contribution is 2.44. The molecule has 0 aromatic heterocycles. The Morgan fingerprint density at radius 2 is 2.24 bits per heavy atom. The standard InChI is InChI=1S/C13H15ClN2O/c14-10-2-1-3-11(7-10)15-12-8-4-5-9(6-8)13(12)16-17/h1-3,7-9,12,15,17H,4-6H2/b16-13-/t8-,9-,12+/m0/s1. The summed E-state index contributed by atoms with van der Waals surface area (Å²) in [6.07, 6.45) is 3.54. The molecule has 0 unspecified atom stereocenters. The highest BCUT2D eigenvalue weighted by Gasteiger charge is 2.45. The first-order valence-electron chi connectivity index (χ1n) is 6.02. The van der Waals surface area contributed by atoms with Gasteiger partial charge in [0.25, 0.3) is 0 Å². The lowest BCUT2D eigenvalue weighted by Crippen LogP contribution is -2.35. The predicted molar refractivity (Wildman–Crippen MR) is 68.9 cm³/mol. The van der Waals surface area contributed by atoms with Gasteiger partial charge >= 0.3 is 0 Å². The van der Waals surface area contributed by atoms with Crippen molar-refractivity contribution in [1.82, 2.24) is 0 Å². The molecule has 3 nitrogen and oxygen atoms in total. The molecule has 4 heteroatoms. The lowest BCUT2D eigenvalue weighted by atomic mass is 9.93. The van der Waals surface area contributed by atoms with Gasteiger partial charge in [0.1, 0.15) is 0 Å². The van der Waals surface area contributed by atoms with Crippen molar-refractivity contribution in [3.8, 4) is 0 Å². The van der Waals surface area contributed by atoms with Crippen LogP contribution in [0.5, 0.6) is 0 Å². The van der Waals surface area contributed by atoms with Crippen LogP contribution in [0.25, 0.3) is 0 Å². The monoisotopic (exact) mass is 250 g/mol. The van der Waals surface area contributed by atoms with E-state index in [-0.39, 0.29) is 6.04 Å². The number of nitrogens with one attached hydrogen (secondary N) is 1. The highest BCUT2D eigenvalue weighted by molar-refractivity contribution is 6.30. The van der Waals surface area contributed by atoms with Crippen molar-refractivity contribution in [1.29, 1.82) is 0 Å². The van der Waals surface area contributed by atoms with E-state index in [0.717, 1.165) is 29.3 Å². The molecule has 0 aliphatic heterocycles. The van der Waals surface area contributed by atoms with Gasteiger partial charge in [0.2, 0.25) is 0 Å². The van der Waals surface area contributed by atoms with Gasteiger partial charge in [0.15, 0.2) is 0 Å². The molecule has 17 heavy (non-hydrogen) atoms. The van der Waals surface area contributed by atoms with Crippen molar-refractivity contribution < 1.29 is 5.21 Å². The minimum atomic E-state index is 0.178. The van der Waals surface area contributed by atoms with Gasteiger partial charge in [-0.1, -0.05) is 22.8 Å². The minimum Gasteiger partial charge on any atom is -0.411 e. The summed E-state index contributed by atoms with van der Waals surface area (Å²) in [6, 6.07) is 7.86. The van der Waals surface area contributed by atoms with Crippen LogP contribution < -0.4 is 5.32 Å². The zero-order valence-electron chi connectivity index (χ0n) is 9.44. The van der Waals surface area contributed by atoms with E-state index in [1.807, 2.05) is 24.3 Å². The molecule has 0 spiro atoms. The van der Waals surface area contributed by atoms with Crippen molar-refractivity contribution in [3.63, 3.8) is 0 Å². The van der Waals surface area contributed by atoms with Crippen molar-refractivity contribution in [2.24, 2.45) is 17.0 Å². The van der Waals surface area contributed by atoms with Crippen molar-refractivity contribution in [2.45, 2.75) is 25.3 Å². The topological polar surface area (TPSA) is 44.6 Å². The van der Waals surface area contributed by atoms with Crippen molar-refractivity contribution in [2.75, 3.05) is 5.32 Å². The van der Waals surface area contributed by atoms with Gasteiger partial charge in [0, 0.05) is 16.6 Å². The summed E-state index contributed by atoms with van der Waals surface area (Å²) in [6.45, 7) is 0. The normalized spacial score (nSPS) is 33.2. The zero-order valence-corrected chi connectivity index (χ0v) is 10.2. The maximum absolute atomic E-state index is 9.11. The molecule has 0 amide bonds. The lowest BCUT2D eigenvalue weighted by Gasteiger charge is -2.24. The predicted octanol–water partition coefficient (Wildman–Crippen LogP) is 3.38. The van der Waals surface area contributed by atoms with Gasteiger partial charge in [-0.2, -0.15) is 0 Å². The number of nitrogens with zero attached hydrogens (tertiary/aromatic N) is 1. The molecular formula is C13H15ClN2O. The Morgan fingerprint density at radius 1 is 1.35 bits per heavy atom. The molecule has 0 radical (unpaired) electrons. The van der Waals surface area contributed by atoms with Crippen LogP contribution in [0.4, 0.5) is 5.69 Å². The molecule has 3 rings (SSSR count). The molecule has 1 aromatic carbocycles. The Kier molecular flexibility index (Phi) is 2.71. The van der Waals surface area contributed by atoms with Gasteiger partial charge < -0.3 is 10.5 Å². The summed E-state index contributed by atoms with van der Waals surface area (Å²) in [5, 5.41) is 16.8. The largest absolute Gasteiger partial charge is 0.411 e. The van der Waals surface area contributed by atoms with Crippen LogP contribution in [-0.4, -0.2) is 17.0 Å². The molecule has 2 aliphatic rings. The van der Waals surface area contributed by atoms with E-state index in [1.165, 1.54) is 6.42 Å². The molecule has 90 valence electrons. The summed E-state index contributed by atoms with van der Waals surface area (Å²) < 4.78 is 0. The Bertz CT molecular complexity index is 460. The number of oxime groups is 1. The SMILES string of the molecule is O/N=C1/[C@H]2CC[C@@H](C2)[C@H]1Nc1cccc(Cl)c1. The van der Waals surface area contributed by atoms with Crippen LogP contribution in [0.2, 0.25) is 5.02 Å². The Balaban J connectivity index is 1.81. The lowest BCUT2D eigenvalue weighted by molar-refractivity contribution is 0.312. The van der Waals surface area contributed by atoms with Gasteiger partial charge in [-0.05, 0) is 43.4 Å². The summed E-state index contributed by atoms with van der Waals surface area (Å²) in [7, 11) is 0. The summed E-state index contributed by atoms with van der Waals surface area (Å²) in [4.78, 5) is 0. The number of anilines is 1. The first-order chi connectivity index (χ1) is 8.28. The van der Waals surface area contributed by atoms with E-state index >= 15 is 0 Å². The van der Waals surface area contributed by atoms with E-state index in [1.54, 1.807) is 0 Å². The summed E-state index contributed by atoms with van der Waals surface area (Å²) in [5.74, 6) is 1.08. The summed E-state index contributed by atoms with van der Waals surface area (Å²) in [5.41, 5.74) is 1.91. The fourth-order valence-electron chi connectivity index (χ4n) is 3.18. The average molecular weight is 251 g/mol. The van der Waals surface area contributed by atoms with Gasteiger partial charge in [-0.15, -0.1) is 0 Å². The quantitative estimate of drug-likeness (QED) is 0.624. The third-order valence-corrected chi connectivity index (χ3v) is 4.18. The molecule has 2 fully saturated rings. The van der Waals surface area contributed by atoms with Crippen LogP contribution in [-0.2, 0) is 0 Å². The second-order valence-electron chi connectivity index (χ2n) is 4.93. The molecule has 2 aliphatic carbocycles. The third kappa shape index (κ3) is 1.89. The van der Waals surface area contributed by atoms with Crippen LogP contribution in [0.3, 0.4) is 0 Å². The number of fused-ring (bicyclic) bond motifs is 2. The van der Waals surface area contributed by atoms with Crippen molar-refractivity contribution >= 4 is 23.0 Å². The number of halogens is 1. The van der Waals surface area contributed by atoms with Crippen LogP contribution >= 0.6 is 11.6 Å². The van der Waals surface area contributed by atoms with Crippen molar-refractivity contribution in [3.05, 3.63) is 29.3 Å². The molecule has 0 saturated heterocycles. The van der Waals surface area contributed by atoms with E-state index in [9.17, 15) is 0 Å². The highest BCUT2D eigenvalue weighted by atomic mass is 35.5.